The third-order valence-corrected chi connectivity index (χ3v) is 5.59. The summed E-state index contributed by atoms with van der Waals surface area (Å²) in [5.74, 6) is -2.56. The second kappa shape index (κ2) is 7.85. The smallest absolute Gasteiger partial charge is 0.344 e. The Balaban J connectivity index is 2.33. The highest BCUT2D eigenvalue weighted by atomic mass is 32.2. The highest BCUT2D eigenvalue weighted by Gasteiger charge is 2.44. The predicted molar refractivity (Wildman–Crippen MR) is 106 cm³/mol. The van der Waals surface area contributed by atoms with Gasteiger partial charge in [0.1, 0.15) is 10.7 Å². The molecule has 29 heavy (non-hydrogen) atoms. The number of likely N-dealkylation sites (N-methyl/N-ethyl adjacent to an activating group) is 1. The number of hydrogen-bond donors (Lipinski definition) is 1. The van der Waals surface area contributed by atoms with Crippen molar-refractivity contribution in [1.82, 2.24) is 9.80 Å². The fourth-order valence-electron chi connectivity index (χ4n) is 3.15. The molecule has 1 atom stereocenters. The van der Waals surface area contributed by atoms with Crippen LogP contribution < -0.4 is 5.73 Å². The van der Waals surface area contributed by atoms with Gasteiger partial charge in [0, 0.05) is 20.2 Å². The number of methoxy groups -OCH3 is 1. The summed E-state index contributed by atoms with van der Waals surface area (Å²) in [6, 6.07) is 11.0. The van der Waals surface area contributed by atoms with Gasteiger partial charge in [0.05, 0.1) is 35.3 Å². The molecule has 3 rings (SSSR count). The summed E-state index contributed by atoms with van der Waals surface area (Å²) < 4.78 is 4.73. The van der Waals surface area contributed by atoms with Crippen LogP contribution in [0.5, 0.6) is 0 Å². The van der Waals surface area contributed by atoms with Crippen LogP contribution in [0.25, 0.3) is 0 Å². The van der Waals surface area contributed by atoms with E-state index in [0.717, 1.165) is 22.7 Å². The number of esters is 1. The summed E-state index contributed by atoms with van der Waals surface area (Å²) in [5, 5.41) is 10.0. The maximum atomic E-state index is 13.2. The molecule has 0 aromatic heterocycles. The number of amides is 2. The van der Waals surface area contributed by atoms with Crippen molar-refractivity contribution < 1.29 is 19.1 Å². The lowest BCUT2D eigenvalue weighted by molar-refractivity contribution is -0.135. The Bertz CT molecular complexity index is 1030. The van der Waals surface area contributed by atoms with Crippen LogP contribution in [0.2, 0.25) is 0 Å². The van der Waals surface area contributed by atoms with Crippen LogP contribution in [-0.4, -0.2) is 48.8 Å². The van der Waals surface area contributed by atoms with E-state index in [9.17, 15) is 19.6 Å². The van der Waals surface area contributed by atoms with Gasteiger partial charge in [-0.05, 0) is 5.56 Å². The number of allylic oxidation sites excluding steroid dienone is 1. The first-order valence-electron chi connectivity index (χ1n) is 8.54. The SMILES string of the molecule is COC(=O)C1=CC(=O)N2C(N)=C(C#N)[C@H](c3ccccc3)C(C(=O)N(C)C)=C2S1. The Labute approximate surface area is 171 Å². The molecular weight excluding hydrogens is 392 g/mol. The number of nitrogens with zero attached hydrogens (tertiary/aromatic N) is 3. The van der Waals surface area contributed by atoms with Crippen LogP contribution in [0.1, 0.15) is 11.5 Å². The Kier molecular flexibility index (Phi) is 5.48. The third kappa shape index (κ3) is 3.39. The molecule has 0 radical (unpaired) electrons. The van der Waals surface area contributed by atoms with Gasteiger partial charge in [-0.2, -0.15) is 5.26 Å². The third-order valence-electron chi connectivity index (χ3n) is 4.49. The van der Waals surface area contributed by atoms with Crippen LogP contribution in [0, 0.1) is 11.3 Å². The van der Waals surface area contributed by atoms with Gasteiger partial charge in [-0.3, -0.25) is 14.5 Å². The maximum absolute atomic E-state index is 13.2. The van der Waals surface area contributed by atoms with Gasteiger partial charge in [-0.25, -0.2) is 4.79 Å². The van der Waals surface area contributed by atoms with Crippen molar-refractivity contribution in [3.63, 3.8) is 0 Å². The molecule has 2 amide bonds. The van der Waals surface area contributed by atoms with Crippen LogP contribution in [0.15, 0.2) is 63.3 Å². The fourth-order valence-corrected chi connectivity index (χ4v) is 4.28. The Hall–Kier alpha value is -3.51. The zero-order chi connectivity index (χ0) is 21.3. The van der Waals surface area contributed by atoms with Crippen LogP contribution in [0.3, 0.4) is 0 Å². The zero-order valence-electron chi connectivity index (χ0n) is 16.0. The minimum atomic E-state index is -0.778. The monoisotopic (exact) mass is 410 g/mol. The van der Waals surface area contributed by atoms with E-state index in [2.05, 4.69) is 6.07 Å². The molecule has 9 heteroatoms. The van der Waals surface area contributed by atoms with Gasteiger partial charge in [-0.15, -0.1) is 0 Å². The molecular formula is C20H18N4O4S. The molecule has 0 saturated carbocycles. The summed E-state index contributed by atoms with van der Waals surface area (Å²) in [7, 11) is 4.35. The molecule has 0 spiro atoms. The number of ether oxygens (including phenoxy) is 1. The largest absolute Gasteiger partial charge is 0.465 e. The summed E-state index contributed by atoms with van der Waals surface area (Å²) in [4.78, 5) is 40.5. The number of nitrogens with two attached hydrogens (primary N) is 1. The average Bonchev–Trinajstić information content (AvgIpc) is 2.72. The number of hydrogen-bond acceptors (Lipinski definition) is 7. The van der Waals surface area contributed by atoms with Crippen molar-refractivity contribution in [2.75, 3.05) is 21.2 Å². The lowest BCUT2D eigenvalue weighted by Crippen LogP contribution is -2.42. The number of rotatable bonds is 3. The molecule has 0 fully saturated rings. The number of carbonyl (C=O) groups excluding carboxylic acids is 3. The van der Waals surface area contributed by atoms with E-state index < -0.39 is 23.7 Å². The molecule has 0 unspecified atom stereocenters. The number of benzene rings is 1. The summed E-state index contributed by atoms with van der Waals surface area (Å²) in [6.07, 6.45) is 1.09. The van der Waals surface area contributed by atoms with Crippen molar-refractivity contribution >= 4 is 29.5 Å². The fraction of sp³-hybridized carbons (Fsp3) is 0.200. The van der Waals surface area contributed by atoms with Gasteiger partial charge in [0.15, 0.2) is 0 Å². The van der Waals surface area contributed by atoms with E-state index in [1.54, 1.807) is 38.4 Å². The Morgan fingerprint density at radius 3 is 2.48 bits per heavy atom. The molecule has 8 nitrogen and oxygen atoms in total. The number of carbonyl (C=O) groups is 3. The van der Waals surface area contributed by atoms with E-state index in [1.165, 1.54) is 12.0 Å². The minimum Gasteiger partial charge on any atom is -0.465 e. The van der Waals surface area contributed by atoms with Gasteiger partial charge < -0.3 is 15.4 Å². The van der Waals surface area contributed by atoms with E-state index >= 15 is 0 Å². The van der Waals surface area contributed by atoms with E-state index in [-0.39, 0.29) is 26.9 Å². The minimum absolute atomic E-state index is 0.0350. The van der Waals surface area contributed by atoms with Crippen molar-refractivity contribution in [3.8, 4) is 6.07 Å². The molecule has 1 aromatic rings. The molecule has 2 aliphatic rings. The van der Waals surface area contributed by atoms with Crippen molar-refractivity contribution in [2.45, 2.75) is 5.92 Å². The van der Waals surface area contributed by atoms with E-state index in [4.69, 9.17) is 10.5 Å². The number of fused-ring (bicyclic) bond motifs is 1. The predicted octanol–water partition coefficient (Wildman–Crippen LogP) is 1.41. The number of nitriles is 1. The molecule has 2 aliphatic heterocycles. The van der Waals surface area contributed by atoms with Gasteiger partial charge in [0.25, 0.3) is 11.8 Å². The van der Waals surface area contributed by atoms with E-state index in [0.29, 0.717) is 5.56 Å². The second-order valence-corrected chi connectivity index (χ2v) is 7.48. The van der Waals surface area contributed by atoms with Crippen LogP contribution in [0.4, 0.5) is 0 Å². The lowest BCUT2D eigenvalue weighted by atomic mass is 9.82. The Morgan fingerprint density at radius 2 is 1.93 bits per heavy atom. The number of thioether (sulfide) groups is 1. The molecule has 148 valence electrons. The highest BCUT2D eigenvalue weighted by Crippen LogP contribution is 2.48. The molecule has 0 saturated heterocycles. The molecule has 1 aromatic carbocycles. The normalized spacial score (nSPS) is 18.7. The first-order valence-corrected chi connectivity index (χ1v) is 9.35. The topological polar surface area (TPSA) is 117 Å². The maximum Gasteiger partial charge on any atom is 0.344 e. The molecule has 2 N–H and O–H groups in total. The summed E-state index contributed by atoms with van der Waals surface area (Å²) in [6.45, 7) is 0. The quantitative estimate of drug-likeness (QED) is 0.749. The van der Waals surface area contributed by atoms with Crippen molar-refractivity contribution in [3.05, 3.63) is 68.9 Å². The summed E-state index contributed by atoms with van der Waals surface area (Å²) in [5.41, 5.74) is 7.16. The average molecular weight is 410 g/mol. The van der Waals surface area contributed by atoms with Crippen molar-refractivity contribution in [1.29, 1.82) is 5.26 Å². The van der Waals surface area contributed by atoms with Crippen LogP contribution >= 0.6 is 11.8 Å². The zero-order valence-corrected chi connectivity index (χ0v) is 16.8. The van der Waals surface area contributed by atoms with Crippen molar-refractivity contribution in [2.24, 2.45) is 5.73 Å². The first kappa shape index (κ1) is 20.2. The second-order valence-electron chi connectivity index (χ2n) is 6.45. The molecule has 2 heterocycles. The first-order chi connectivity index (χ1) is 13.8. The van der Waals surface area contributed by atoms with Gasteiger partial charge in [0.2, 0.25) is 0 Å². The summed E-state index contributed by atoms with van der Waals surface area (Å²) >= 11 is 0.921. The lowest BCUT2D eigenvalue weighted by Gasteiger charge is -2.37. The molecule has 0 aliphatic carbocycles. The van der Waals surface area contributed by atoms with E-state index in [1.807, 2.05) is 6.07 Å². The standard InChI is InChI=1S/C20H18N4O4S/c1-23(2)18(26)16-15(11-7-5-4-6-8-11)12(10-21)17(22)24-14(25)9-13(20(27)28-3)29-19(16)24/h4-9,15H,22H2,1-3H3/t15-/m0/s1. The Morgan fingerprint density at radius 1 is 1.28 bits per heavy atom. The van der Waals surface area contributed by atoms with Gasteiger partial charge >= 0.3 is 5.97 Å². The van der Waals surface area contributed by atoms with Crippen LogP contribution in [-0.2, 0) is 19.1 Å². The molecule has 0 bridgehead atoms. The highest BCUT2D eigenvalue weighted by molar-refractivity contribution is 8.07. The van der Waals surface area contributed by atoms with Gasteiger partial charge in [-0.1, -0.05) is 42.1 Å².